The van der Waals surface area contributed by atoms with Gasteiger partial charge in [-0.25, -0.2) is 4.39 Å². The number of nitrogens with zero attached hydrogens (tertiary/aromatic N) is 1. The van der Waals surface area contributed by atoms with Crippen LogP contribution in [0.2, 0.25) is 5.02 Å². The molecule has 0 fully saturated rings. The van der Waals surface area contributed by atoms with Crippen molar-refractivity contribution in [3.8, 4) is 11.5 Å². The number of aliphatic imine (C=N–C) groups is 1. The Kier molecular flexibility index (Phi) is 6.02. The van der Waals surface area contributed by atoms with E-state index < -0.39 is 0 Å². The highest BCUT2D eigenvalue weighted by Gasteiger charge is 2.28. The molecule has 2 N–H and O–H groups in total. The standard InChI is InChI=1S/C24H22ClFN2O2/c1-2-30-19-10-5-15(6-11-19)21-14-22(20-13-17(25)7-12-23(20)29)28-24(27-21)16-3-8-18(26)9-4-16/h3-13,22,24,28-29H,2,14H2,1H3/t22-,24+/m0/s1. The Hall–Kier alpha value is -2.89. The molecule has 0 amide bonds. The molecule has 154 valence electrons. The number of phenols is 1. The van der Waals surface area contributed by atoms with Gasteiger partial charge in [-0.05, 0) is 72.6 Å². The number of rotatable bonds is 5. The minimum absolute atomic E-state index is 0.169. The first-order valence-electron chi connectivity index (χ1n) is 9.83. The number of hydrogen-bond donors (Lipinski definition) is 2. The SMILES string of the molecule is CCOc1ccc(C2=N[C@@H](c3ccc(F)cc3)N[C@H](c3cc(Cl)ccc3O)C2)cc1. The fraction of sp³-hybridized carbons (Fsp3) is 0.208. The van der Waals surface area contributed by atoms with Crippen LogP contribution >= 0.6 is 11.6 Å². The molecule has 3 aromatic rings. The average Bonchev–Trinajstić information content (AvgIpc) is 2.76. The molecule has 0 saturated carbocycles. The lowest BCUT2D eigenvalue weighted by atomic mass is 9.93. The lowest BCUT2D eigenvalue weighted by molar-refractivity contribution is 0.340. The molecule has 30 heavy (non-hydrogen) atoms. The number of ether oxygens (including phenoxy) is 1. The van der Waals surface area contributed by atoms with Crippen LogP contribution in [-0.4, -0.2) is 17.4 Å². The van der Waals surface area contributed by atoms with Gasteiger partial charge in [0.05, 0.1) is 6.61 Å². The Morgan fingerprint density at radius 1 is 1.10 bits per heavy atom. The van der Waals surface area contributed by atoms with Crippen molar-refractivity contribution in [2.45, 2.75) is 25.6 Å². The monoisotopic (exact) mass is 424 g/mol. The fourth-order valence-corrected chi connectivity index (χ4v) is 3.79. The van der Waals surface area contributed by atoms with E-state index in [1.807, 2.05) is 31.2 Å². The summed E-state index contributed by atoms with van der Waals surface area (Å²) in [5.41, 5.74) is 3.40. The van der Waals surface area contributed by atoms with Gasteiger partial charge in [-0.15, -0.1) is 0 Å². The normalized spacial score (nSPS) is 18.7. The molecule has 0 aromatic heterocycles. The first-order chi connectivity index (χ1) is 14.5. The van der Waals surface area contributed by atoms with Crippen LogP contribution < -0.4 is 10.1 Å². The minimum Gasteiger partial charge on any atom is -0.508 e. The summed E-state index contributed by atoms with van der Waals surface area (Å²) < 4.78 is 19.0. The van der Waals surface area contributed by atoms with E-state index in [0.29, 0.717) is 23.6 Å². The number of halogens is 2. The lowest BCUT2D eigenvalue weighted by Crippen LogP contribution is -2.33. The van der Waals surface area contributed by atoms with Crippen LogP contribution in [0, 0.1) is 5.82 Å². The van der Waals surface area contributed by atoms with Crippen LogP contribution in [0.3, 0.4) is 0 Å². The smallest absolute Gasteiger partial charge is 0.126 e. The fourth-order valence-electron chi connectivity index (χ4n) is 3.61. The van der Waals surface area contributed by atoms with E-state index in [4.69, 9.17) is 21.3 Å². The third-order valence-corrected chi connectivity index (χ3v) is 5.33. The molecule has 1 aliphatic heterocycles. The summed E-state index contributed by atoms with van der Waals surface area (Å²) in [6.07, 6.45) is 0.184. The summed E-state index contributed by atoms with van der Waals surface area (Å²) in [7, 11) is 0. The van der Waals surface area contributed by atoms with Gasteiger partial charge >= 0.3 is 0 Å². The van der Waals surface area contributed by atoms with E-state index in [0.717, 1.165) is 22.6 Å². The second-order valence-electron chi connectivity index (χ2n) is 7.11. The Morgan fingerprint density at radius 2 is 1.83 bits per heavy atom. The van der Waals surface area contributed by atoms with E-state index in [9.17, 15) is 9.50 Å². The molecule has 1 heterocycles. The van der Waals surface area contributed by atoms with Crippen LogP contribution in [0.5, 0.6) is 11.5 Å². The molecule has 0 bridgehead atoms. The van der Waals surface area contributed by atoms with Gasteiger partial charge in [0.25, 0.3) is 0 Å². The van der Waals surface area contributed by atoms with Crippen molar-refractivity contribution in [1.29, 1.82) is 0 Å². The number of nitrogens with one attached hydrogen (secondary N) is 1. The van der Waals surface area contributed by atoms with E-state index in [2.05, 4.69) is 5.32 Å². The zero-order valence-corrected chi connectivity index (χ0v) is 17.2. The van der Waals surface area contributed by atoms with E-state index in [1.165, 1.54) is 12.1 Å². The van der Waals surface area contributed by atoms with E-state index in [-0.39, 0.29) is 23.8 Å². The van der Waals surface area contributed by atoms with Gasteiger partial charge in [-0.1, -0.05) is 23.7 Å². The maximum absolute atomic E-state index is 13.4. The van der Waals surface area contributed by atoms with Crippen LogP contribution in [0.25, 0.3) is 0 Å². The van der Waals surface area contributed by atoms with Crippen molar-refractivity contribution in [1.82, 2.24) is 5.32 Å². The first kappa shape index (κ1) is 20.4. The summed E-state index contributed by atoms with van der Waals surface area (Å²) >= 11 is 6.18. The van der Waals surface area contributed by atoms with Crippen molar-refractivity contribution in [3.63, 3.8) is 0 Å². The molecule has 0 spiro atoms. The van der Waals surface area contributed by atoms with Gasteiger partial charge in [-0.2, -0.15) is 0 Å². The zero-order chi connectivity index (χ0) is 21.1. The molecular formula is C24H22ClFN2O2. The highest BCUT2D eigenvalue weighted by Crippen LogP contribution is 2.36. The second kappa shape index (κ2) is 8.86. The summed E-state index contributed by atoms with van der Waals surface area (Å²) in [6.45, 7) is 2.55. The maximum Gasteiger partial charge on any atom is 0.126 e. The molecule has 0 aliphatic carbocycles. The Bertz CT molecular complexity index is 1050. The highest BCUT2D eigenvalue weighted by molar-refractivity contribution is 6.30. The second-order valence-corrected chi connectivity index (χ2v) is 7.55. The minimum atomic E-state index is -0.385. The lowest BCUT2D eigenvalue weighted by Gasteiger charge is -2.31. The third kappa shape index (κ3) is 4.48. The summed E-state index contributed by atoms with van der Waals surface area (Å²) in [4.78, 5) is 4.88. The molecule has 4 rings (SSSR count). The molecule has 6 heteroatoms. The van der Waals surface area contributed by atoms with Gasteiger partial charge in [0.15, 0.2) is 0 Å². The molecule has 4 nitrogen and oxygen atoms in total. The molecule has 3 aromatic carbocycles. The quantitative estimate of drug-likeness (QED) is 0.543. The van der Waals surface area contributed by atoms with Crippen LogP contribution in [0.15, 0.2) is 71.7 Å². The number of hydrogen-bond acceptors (Lipinski definition) is 4. The number of aromatic hydroxyl groups is 1. The molecule has 2 atom stereocenters. The van der Waals surface area contributed by atoms with Crippen LogP contribution in [0.4, 0.5) is 4.39 Å². The van der Waals surface area contributed by atoms with Crippen molar-refractivity contribution in [3.05, 3.63) is 94.3 Å². The molecule has 0 radical (unpaired) electrons. The molecular weight excluding hydrogens is 403 g/mol. The van der Waals surface area contributed by atoms with Crippen molar-refractivity contribution < 1.29 is 14.2 Å². The molecule has 1 aliphatic rings. The van der Waals surface area contributed by atoms with Crippen molar-refractivity contribution in [2.24, 2.45) is 4.99 Å². The number of phenolic OH excluding ortho intramolecular Hbond substituents is 1. The molecule has 0 saturated heterocycles. The van der Waals surface area contributed by atoms with Gasteiger partial charge in [0.1, 0.15) is 23.5 Å². The summed E-state index contributed by atoms with van der Waals surface area (Å²) in [5.74, 6) is 0.673. The van der Waals surface area contributed by atoms with Gasteiger partial charge in [0.2, 0.25) is 0 Å². The Labute approximate surface area is 180 Å². The third-order valence-electron chi connectivity index (χ3n) is 5.09. The average molecular weight is 425 g/mol. The van der Waals surface area contributed by atoms with Gasteiger partial charge in [0, 0.05) is 28.8 Å². The van der Waals surface area contributed by atoms with Crippen LogP contribution in [0.1, 0.15) is 42.2 Å². The predicted octanol–water partition coefficient (Wildman–Crippen LogP) is 5.81. The van der Waals surface area contributed by atoms with Gasteiger partial charge < -0.3 is 9.84 Å². The summed E-state index contributed by atoms with van der Waals surface area (Å²) in [6, 6.07) is 18.9. The predicted molar refractivity (Wildman–Crippen MR) is 117 cm³/mol. The zero-order valence-electron chi connectivity index (χ0n) is 16.5. The van der Waals surface area contributed by atoms with E-state index >= 15 is 0 Å². The molecule has 0 unspecified atom stereocenters. The van der Waals surface area contributed by atoms with Crippen LogP contribution in [-0.2, 0) is 0 Å². The Morgan fingerprint density at radius 3 is 2.53 bits per heavy atom. The first-order valence-corrected chi connectivity index (χ1v) is 10.2. The van der Waals surface area contributed by atoms with Crippen molar-refractivity contribution >= 4 is 17.3 Å². The Balaban J connectivity index is 1.72. The summed E-state index contributed by atoms with van der Waals surface area (Å²) in [5, 5.41) is 14.4. The maximum atomic E-state index is 13.4. The van der Waals surface area contributed by atoms with Gasteiger partial charge in [-0.3, -0.25) is 10.3 Å². The number of benzene rings is 3. The highest BCUT2D eigenvalue weighted by atomic mass is 35.5. The van der Waals surface area contributed by atoms with Crippen molar-refractivity contribution in [2.75, 3.05) is 6.61 Å². The topological polar surface area (TPSA) is 53.8 Å². The largest absolute Gasteiger partial charge is 0.508 e. The van der Waals surface area contributed by atoms with E-state index in [1.54, 1.807) is 30.3 Å².